The van der Waals surface area contributed by atoms with Crippen molar-refractivity contribution in [1.82, 2.24) is 4.98 Å². The van der Waals surface area contributed by atoms with Crippen molar-refractivity contribution in [3.8, 4) is 0 Å². The Bertz CT molecular complexity index is 612. The Kier molecular flexibility index (Phi) is 4.24. The summed E-state index contributed by atoms with van der Waals surface area (Å²) in [6.07, 6.45) is 0.186. The van der Waals surface area contributed by atoms with Gasteiger partial charge in [-0.2, -0.15) is 18.3 Å². The second kappa shape index (κ2) is 5.92. The van der Waals surface area contributed by atoms with Gasteiger partial charge in [-0.15, -0.1) is 0 Å². The highest BCUT2D eigenvalue weighted by atomic mass is 35.5. The number of nitrogens with zero attached hydrogens (tertiary/aromatic N) is 2. The number of aromatic nitrogens is 1. The Morgan fingerprint density at radius 3 is 2.70 bits per heavy atom. The molecule has 0 saturated carbocycles. The Morgan fingerprint density at radius 1 is 1.25 bits per heavy atom. The van der Waals surface area contributed by atoms with Crippen LogP contribution in [0.15, 0.2) is 47.8 Å². The molecule has 0 atom stereocenters. The number of benzene rings is 1. The number of rotatable bonds is 3. The molecule has 1 N–H and O–H groups in total. The van der Waals surface area contributed by atoms with E-state index in [1.54, 1.807) is 24.5 Å². The average Bonchev–Trinajstić information content (AvgIpc) is 2.41. The minimum absolute atomic E-state index is 0.0848. The minimum atomic E-state index is -4.42. The average molecular weight is 300 g/mol. The van der Waals surface area contributed by atoms with E-state index in [4.69, 9.17) is 11.6 Å². The second-order valence-electron chi connectivity index (χ2n) is 3.85. The summed E-state index contributed by atoms with van der Waals surface area (Å²) in [4.78, 5) is 3.88. The second-order valence-corrected chi connectivity index (χ2v) is 4.26. The molecule has 0 spiro atoms. The first-order chi connectivity index (χ1) is 9.47. The van der Waals surface area contributed by atoms with E-state index >= 15 is 0 Å². The van der Waals surface area contributed by atoms with Gasteiger partial charge in [-0.05, 0) is 24.3 Å². The largest absolute Gasteiger partial charge is 0.416 e. The fraction of sp³-hybridized carbons (Fsp3) is 0.0769. The van der Waals surface area contributed by atoms with Gasteiger partial charge in [-0.25, -0.2) is 0 Å². The predicted octanol–water partition coefficient (Wildman–Crippen LogP) is 4.20. The first-order valence-electron chi connectivity index (χ1n) is 5.52. The highest BCUT2D eigenvalue weighted by Crippen LogP contribution is 2.33. The molecule has 0 fully saturated rings. The molecule has 7 heteroatoms. The molecule has 2 rings (SSSR count). The molecule has 1 aromatic carbocycles. The summed E-state index contributed by atoms with van der Waals surface area (Å²) < 4.78 is 37.7. The van der Waals surface area contributed by atoms with Crippen LogP contribution in [0.25, 0.3) is 0 Å². The molecule has 0 radical (unpaired) electrons. The van der Waals surface area contributed by atoms with Crippen molar-refractivity contribution in [1.29, 1.82) is 0 Å². The van der Waals surface area contributed by atoms with Crippen molar-refractivity contribution < 1.29 is 13.2 Å². The van der Waals surface area contributed by atoms with E-state index in [1.165, 1.54) is 12.3 Å². The van der Waals surface area contributed by atoms with Crippen molar-refractivity contribution >= 4 is 23.5 Å². The maximum Gasteiger partial charge on any atom is 0.416 e. The van der Waals surface area contributed by atoms with E-state index in [-0.39, 0.29) is 10.7 Å². The molecule has 0 bridgehead atoms. The summed E-state index contributed by atoms with van der Waals surface area (Å²) in [6.45, 7) is 0. The Balaban J connectivity index is 2.15. The van der Waals surface area contributed by atoms with Crippen LogP contribution in [0.2, 0.25) is 5.02 Å². The van der Waals surface area contributed by atoms with Crippen LogP contribution in [0.1, 0.15) is 11.1 Å². The molecular formula is C13H9ClF3N3. The van der Waals surface area contributed by atoms with Gasteiger partial charge in [0, 0.05) is 18.0 Å². The highest BCUT2D eigenvalue weighted by Gasteiger charge is 2.30. The summed E-state index contributed by atoms with van der Waals surface area (Å²) in [6, 6.07) is 6.47. The Morgan fingerprint density at radius 2 is 2.05 bits per heavy atom. The van der Waals surface area contributed by atoms with Crippen LogP contribution >= 0.6 is 11.6 Å². The zero-order valence-electron chi connectivity index (χ0n) is 10.0. The number of hydrogen-bond donors (Lipinski definition) is 1. The monoisotopic (exact) mass is 299 g/mol. The molecule has 0 aliphatic rings. The van der Waals surface area contributed by atoms with Crippen molar-refractivity contribution in [3.05, 3.63) is 58.9 Å². The third-order valence-electron chi connectivity index (χ3n) is 2.38. The van der Waals surface area contributed by atoms with Gasteiger partial charge in [-0.3, -0.25) is 10.4 Å². The maximum atomic E-state index is 12.6. The molecule has 2 aromatic rings. The molecular weight excluding hydrogens is 291 g/mol. The zero-order chi connectivity index (χ0) is 14.6. The summed E-state index contributed by atoms with van der Waals surface area (Å²) in [5.41, 5.74) is 2.49. The highest BCUT2D eigenvalue weighted by molar-refractivity contribution is 6.33. The zero-order valence-corrected chi connectivity index (χ0v) is 10.8. The van der Waals surface area contributed by atoms with Crippen molar-refractivity contribution in [2.24, 2.45) is 5.10 Å². The van der Waals surface area contributed by atoms with Crippen LogP contribution in [0.3, 0.4) is 0 Å². The lowest BCUT2D eigenvalue weighted by Crippen LogP contribution is -2.05. The van der Waals surface area contributed by atoms with Crippen LogP contribution in [0, 0.1) is 0 Å². The molecule has 20 heavy (non-hydrogen) atoms. The summed E-state index contributed by atoms with van der Waals surface area (Å²) in [7, 11) is 0. The fourth-order valence-electron chi connectivity index (χ4n) is 1.42. The first kappa shape index (κ1) is 14.3. The number of anilines is 1. The molecule has 0 amide bonds. The topological polar surface area (TPSA) is 37.3 Å². The lowest BCUT2D eigenvalue weighted by atomic mass is 10.2. The molecule has 0 saturated heterocycles. The molecule has 1 heterocycles. The normalized spacial score (nSPS) is 11.8. The fourth-order valence-corrected chi connectivity index (χ4v) is 1.58. The predicted molar refractivity (Wildman–Crippen MR) is 71.9 cm³/mol. The number of hydrazone groups is 1. The SMILES string of the molecule is FC(F)(F)c1ccc(Cl)c(N/N=C/c2cccnc2)c1. The molecule has 0 unspecified atom stereocenters. The number of halogens is 4. The summed E-state index contributed by atoms with van der Waals surface area (Å²) >= 11 is 5.81. The van der Waals surface area contributed by atoms with E-state index in [2.05, 4.69) is 15.5 Å². The molecule has 1 aromatic heterocycles. The van der Waals surface area contributed by atoms with Gasteiger partial charge in [0.05, 0.1) is 22.5 Å². The smallest absolute Gasteiger partial charge is 0.277 e. The van der Waals surface area contributed by atoms with Gasteiger partial charge in [0.25, 0.3) is 0 Å². The van der Waals surface area contributed by atoms with Crippen molar-refractivity contribution in [2.75, 3.05) is 5.43 Å². The minimum Gasteiger partial charge on any atom is -0.277 e. The van der Waals surface area contributed by atoms with Crippen LogP contribution in [-0.2, 0) is 6.18 Å². The van der Waals surface area contributed by atoms with Crippen LogP contribution < -0.4 is 5.43 Å². The Labute approximate surface area is 118 Å². The van der Waals surface area contributed by atoms with Gasteiger partial charge in [0.2, 0.25) is 0 Å². The van der Waals surface area contributed by atoms with E-state index < -0.39 is 11.7 Å². The Hall–Kier alpha value is -2.08. The van der Waals surface area contributed by atoms with Crippen molar-refractivity contribution in [3.63, 3.8) is 0 Å². The van der Waals surface area contributed by atoms with Crippen LogP contribution in [0.5, 0.6) is 0 Å². The standard InChI is InChI=1S/C13H9ClF3N3/c14-11-4-3-10(13(15,16)17)6-12(11)20-19-8-9-2-1-5-18-7-9/h1-8,20H/b19-8+. The van der Waals surface area contributed by atoms with Gasteiger partial charge in [-0.1, -0.05) is 17.7 Å². The van der Waals surface area contributed by atoms with E-state index in [1.807, 2.05) is 0 Å². The van der Waals surface area contributed by atoms with Gasteiger partial charge >= 0.3 is 6.18 Å². The number of hydrogen-bond acceptors (Lipinski definition) is 3. The molecule has 3 nitrogen and oxygen atoms in total. The molecule has 0 aliphatic heterocycles. The lowest BCUT2D eigenvalue weighted by Gasteiger charge is -2.09. The van der Waals surface area contributed by atoms with Gasteiger partial charge in [0.1, 0.15) is 0 Å². The van der Waals surface area contributed by atoms with Gasteiger partial charge in [0.15, 0.2) is 0 Å². The third-order valence-corrected chi connectivity index (χ3v) is 2.71. The third kappa shape index (κ3) is 3.71. The number of nitrogens with one attached hydrogen (secondary N) is 1. The van der Waals surface area contributed by atoms with E-state index in [0.29, 0.717) is 5.56 Å². The van der Waals surface area contributed by atoms with E-state index in [9.17, 15) is 13.2 Å². The quantitative estimate of drug-likeness (QED) is 0.681. The van der Waals surface area contributed by atoms with Crippen LogP contribution in [0.4, 0.5) is 18.9 Å². The molecule has 104 valence electrons. The van der Waals surface area contributed by atoms with Crippen molar-refractivity contribution in [2.45, 2.75) is 6.18 Å². The van der Waals surface area contributed by atoms with Gasteiger partial charge < -0.3 is 0 Å². The van der Waals surface area contributed by atoms with E-state index in [0.717, 1.165) is 12.1 Å². The lowest BCUT2D eigenvalue weighted by molar-refractivity contribution is -0.137. The molecule has 0 aliphatic carbocycles. The van der Waals surface area contributed by atoms with Crippen LogP contribution in [-0.4, -0.2) is 11.2 Å². The summed E-state index contributed by atoms with van der Waals surface area (Å²) in [5.74, 6) is 0. The first-order valence-corrected chi connectivity index (χ1v) is 5.90. The number of pyridine rings is 1. The number of alkyl halides is 3. The maximum absolute atomic E-state index is 12.6. The summed E-state index contributed by atoms with van der Waals surface area (Å²) in [5, 5.41) is 3.98.